The molecule has 0 atom stereocenters. The predicted octanol–water partition coefficient (Wildman–Crippen LogP) is 11.2. The lowest BCUT2D eigenvalue weighted by Gasteiger charge is -2.16. The van der Waals surface area contributed by atoms with Crippen LogP contribution in [0.15, 0.2) is 164 Å². The molecule has 10 aromatic rings. The Kier molecular flexibility index (Phi) is 6.79. The quantitative estimate of drug-likeness (QED) is 0.170. The summed E-state index contributed by atoms with van der Waals surface area (Å²) in [6, 6.07) is 57.3. The van der Waals surface area contributed by atoms with E-state index in [0.29, 0.717) is 11.3 Å². The summed E-state index contributed by atoms with van der Waals surface area (Å²) in [5, 5.41) is 12.2. The summed E-state index contributed by atoms with van der Waals surface area (Å²) < 4.78 is 6.58. The van der Waals surface area contributed by atoms with Crippen LogP contribution in [0.3, 0.4) is 0 Å². The van der Waals surface area contributed by atoms with Gasteiger partial charge in [0.15, 0.2) is 5.69 Å². The van der Waals surface area contributed by atoms with E-state index < -0.39 is 0 Å². The molecule has 0 N–H and O–H groups in total. The topological polar surface area (TPSA) is 68.7 Å². The van der Waals surface area contributed by atoms with Gasteiger partial charge in [-0.2, -0.15) is 5.26 Å². The fourth-order valence-corrected chi connectivity index (χ4v) is 7.58. The van der Waals surface area contributed by atoms with Crippen LogP contribution in [-0.4, -0.2) is 23.7 Å². The van der Waals surface area contributed by atoms with Crippen molar-refractivity contribution in [3.05, 3.63) is 181 Å². The fraction of sp³-hybridized carbons (Fsp3) is 0. The average molecular weight is 678 g/mol. The van der Waals surface area contributed by atoms with Crippen LogP contribution in [0.1, 0.15) is 5.56 Å². The lowest BCUT2D eigenvalue weighted by molar-refractivity contribution is 1.09. The Labute approximate surface area is 304 Å². The van der Waals surface area contributed by atoms with Crippen LogP contribution in [0, 0.1) is 17.9 Å². The van der Waals surface area contributed by atoms with E-state index in [0.717, 1.165) is 72.9 Å². The average Bonchev–Trinajstić information content (AvgIpc) is 3.91. The van der Waals surface area contributed by atoms with E-state index in [9.17, 15) is 5.26 Å². The molecule has 7 heteroatoms. The zero-order chi connectivity index (χ0) is 35.5. The van der Waals surface area contributed by atoms with Crippen molar-refractivity contribution < 1.29 is 0 Å². The van der Waals surface area contributed by atoms with Gasteiger partial charge in [-0.05, 0) is 84.9 Å². The Morgan fingerprint density at radius 1 is 0.472 bits per heavy atom. The molecule has 0 spiro atoms. The van der Waals surface area contributed by atoms with E-state index in [1.807, 2.05) is 84.9 Å². The highest BCUT2D eigenvalue weighted by molar-refractivity contribution is 6.09. The first-order valence-corrected chi connectivity index (χ1v) is 17.3. The highest BCUT2D eigenvalue weighted by Crippen LogP contribution is 2.39. The minimum absolute atomic E-state index is 0.555. The molecule has 0 unspecified atom stereocenters. The van der Waals surface area contributed by atoms with E-state index in [1.54, 1.807) is 0 Å². The van der Waals surface area contributed by atoms with E-state index in [-0.39, 0.29) is 0 Å². The molecule has 0 radical (unpaired) electrons. The third-order valence-electron chi connectivity index (χ3n) is 9.84. The third kappa shape index (κ3) is 4.80. The number of para-hydroxylation sites is 6. The van der Waals surface area contributed by atoms with E-state index in [1.165, 1.54) is 10.8 Å². The Morgan fingerprint density at radius 3 is 1.55 bits per heavy atom. The summed E-state index contributed by atoms with van der Waals surface area (Å²) in [6.45, 7) is 7.74. The van der Waals surface area contributed by atoms with Crippen molar-refractivity contribution in [3.63, 3.8) is 0 Å². The number of hydrogen-bond donors (Lipinski definition) is 0. The Bertz CT molecular complexity index is 2960. The molecule has 0 saturated heterocycles. The molecule has 0 fully saturated rings. The van der Waals surface area contributed by atoms with Crippen molar-refractivity contribution >= 4 is 49.6 Å². The SMILES string of the molecule is [C-]#[N+]c1cccc(-n2c(-c3cc(-c4nc5ccccc5n4-c4cccc(C#N)c4)cc(-n4c5ccccc5c5ccccc54)c3)nc3ccccc32)c1. The zero-order valence-corrected chi connectivity index (χ0v) is 28.2. The molecule has 0 aliphatic heterocycles. The molecule has 0 aliphatic carbocycles. The van der Waals surface area contributed by atoms with Gasteiger partial charge in [-0.15, -0.1) is 0 Å². The highest BCUT2D eigenvalue weighted by atomic mass is 15.1. The van der Waals surface area contributed by atoms with Crippen molar-refractivity contribution in [1.82, 2.24) is 23.7 Å². The Hall–Kier alpha value is -7.74. The van der Waals surface area contributed by atoms with Gasteiger partial charge in [-0.3, -0.25) is 9.13 Å². The summed E-state index contributed by atoms with van der Waals surface area (Å²) in [5.74, 6) is 1.48. The summed E-state index contributed by atoms with van der Waals surface area (Å²) in [7, 11) is 0. The number of fused-ring (bicyclic) bond motifs is 5. The number of benzene rings is 7. The van der Waals surface area contributed by atoms with Gasteiger partial charge in [-0.1, -0.05) is 78.9 Å². The van der Waals surface area contributed by atoms with Crippen molar-refractivity contribution in [3.8, 4) is 45.9 Å². The molecule has 10 rings (SSSR count). The second-order valence-corrected chi connectivity index (χ2v) is 13.0. The molecular weight excluding hydrogens is 651 g/mol. The number of hydrogen-bond acceptors (Lipinski definition) is 3. The monoisotopic (exact) mass is 677 g/mol. The maximum absolute atomic E-state index is 9.85. The van der Waals surface area contributed by atoms with Crippen molar-refractivity contribution in [1.29, 1.82) is 5.26 Å². The summed E-state index contributed by atoms with van der Waals surface area (Å²) >= 11 is 0. The van der Waals surface area contributed by atoms with Crippen LogP contribution in [0.2, 0.25) is 0 Å². The largest absolute Gasteiger partial charge is 0.309 e. The number of nitriles is 1. The Balaban J connectivity index is 1.33. The van der Waals surface area contributed by atoms with E-state index >= 15 is 0 Å². The first-order chi connectivity index (χ1) is 26.2. The highest BCUT2D eigenvalue weighted by Gasteiger charge is 2.22. The first kappa shape index (κ1) is 30.1. The molecule has 0 bridgehead atoms. The minimum Gasteiger partial charge on any atom is -0.309 e. The van der Waals surface area contributed by atoms with Crippen LogP contribution in [0.5, 0.6) is 0 Å². The third-order valence-corrected chi connectivity index (χ3v) is 9.84. The molecular formula is C46H27N7. The van der Waals surface area contributed by atoms with Gasteiger partial charge in [0.25, 0.3) is 0 Å². The summed E-state index contributed by atoms with van der Waals surface area (Å²) in [6.07, 6.45) is 0. The van der Waals surface area contributed by atoms with E-state index in [4.69, 9.17) is 16.5 Å². The first-order valence-electron chi connectivity index (χ1n) is 17.3. The maximum atomic E-state index is 9.85. The lowest BCUT2D eigenvalue weighted by atomic mass is 10.1. The van der Waals surface area contributed by atoms with Gasteiger partial charge in [0.1, 0.15) is 11.6 Å². The van der Waals surface area contributed by atoms with Crippen molar-refractivity contribution in [2.45, 2.75) is 0 Å². The number of aromatic nitrogens is 5. The predicted molar refractivity (Wildman–Crippen MR) is 212 cm³/mol. The number of nitrogens with zero attached hydrogens (tertiary/aromatic N) is 7. The van der Waals surface area contributed by atoms with Crippen LogP contribution in [-0.2, 0) is 0 Å². The molecule has 3 heterocycles. The normalized spacial score (nSPS) is 11.4. The molecule has 53 heavy (non-hydrogen) atoms. The van der Waals surface area contributed by atoms with Gasteiger partial charge in [0.2, 0.25) is 0 Å². The molecule has 0 saturated carbocycles. The molecule has 7 aromatic carbocycles. The molecule has 0 amide bonds. The number of imidazole rings is 2. The van der Waals surface area contributed by atoms with Crippen LogP contribution in [0.25, 0.3) is 88.6 Å². The van der Waals surface area contributed by atoms with Gasteiger partial charge < -0.3 is 4.57 Å². The standard InChI is InChI=1S/C46H27N7/c1-48-33-13-11-15-35(28-33)53-44-23-9-5-19-40(44)50-46(53)32-25-31(26-36(27-32)51-41-20-6-2-16-37(41)38-17-3-7-21-42(38)51)45-49-39-18-4-8-22-43(39)52(45)34-14-10-12-30(24-34)29-47/h2-28H. The lowest BCUT2D eigenvalue weighted by Crippen LogP contribution is -2.02. The summed E-state index contributed by atoms with van der Waals surface area (Å²) in [5.41, 5.74) is 11.3. The van der Waals surface area contributed by atoms with E-state index in [2.05, 4.69) is 103 Å². The summed E-state index contributed by atoms with van der Waals surface area (Å²) in [4.78, 5) is 14.2. The second kappa shape index (κ2) is 11.9. The van der Waals surface area contributed by atoms with Crippen molar-refractivity contribution in [2.75, 3.05) is 0 Å². The second-order valence-electron chi connectivity index (χ2n) is 13.0. The molecule has 3 aromatic heterocycles. The smallest absolute Gasteiger partial charge is 0.189 e. The van der Waals surface area contributed by atoms with Crippen molar-refractivity contribution in [2.24, 2.45) is 0 Å². The van der Waals surface area contributed by atoms with Crippen LogP contribution < -0.4 is 0 Å². The number of rotatable bonds is 5. The molecule has 246 valence electrons. The maximum Gasteiger partial charge on any atom is 0.189 e. The van der Waals surface area contributed by atoms with Gasteiger partial charge in [-0.25, -0.2) is 14.8 Å². The molecule has 0 aliphatic rings. The van der Waals surface area contributed by atoms with Crippen LogP contribution in [0.4, 0.5) is 5.69 Å². The molecule has 7 nitrogen and oxygen atoms in total. The van der Waals surface area contributed by atoms with Gasteiger partial charge >= 0.3 is 0 Å². The van der Waals surface area contributed by atoms with Gasteiger partial charge in [0.05, 0.1) is 51.3 Å². The minimum atomic E-state index is 0.555. The van der Waals surface area contributed by atoms with Crippen LogP contribution >= 0.6 is 0 Å². The Morgan fingerprint density at radius 2 is 0.981 bits per heavy atom. The zero-order valence-electron chi connectivity index (χ0n) is 28.2. The fourth-order valence-electron chi connectivity index (χ4n) is 7.58. The van der Waals surface area contributed by atoms with Gasteiger partial charge in [0, 0.05) is 39.0 Å².